The molecule has 0 aromatic carbocycles. The van der Waals surface area contributed by atoms with E-state index >= 15 is 0 Å². The number of likely N-dealkylation sites (tertiary alicyclic amines) is 1. The van der Waals surface area contributed by atoms with Crippen LogP contribution in [0.4, 0.5) is 0 Å². The lowest BCUT2D eigenvalue weighted by Gasteiger charge is -2.40. The van der Waals surface area contributed by atoms with Crippen molar-refractivity contribution in [2.75, 3.05) is 46.9 Å². The summed E-state index contributed by atoms with van der Waals surface area (Å²) in [7, 11) is 4.05. The van der Waals surface area contributed by atoms with E-state index in [1.54, 1.807) is 0 Å². The number of aliphatic imine (C=N–C) groups is 1. The largest absolute Gasteiger partial charge is 0.377 e. The predicted octanol–water partition coefficient (Wildman–Crippen LogP) is 2.56. The van der Waals surface area contributed by atoms with Crippen LogP contribution in [0.25, 0.3) is 0 Å². The maximum Gasteiger partial charge on any atom is 0.190 e. The van der Waals surface area contributed by atoms with Crippen LogP contribution in [-0.4, -0.2) is 63.8 Å². The van der Waals surface area contributed by atoms with Crippen LogP contribution in [0.15, 0.2) is 4.99 Å². The van der Waals surface area contributed by atoms with Crippen LogP contribution >= 0.6 is 24.0 Å². The van der Waals surface area contributed by atoms with E-state index in [-0.39, 0.29) is 29.4 Å². The van der Waals surface area contributed by atoms with Crippen LogP contribution in [-0.2, 0) is 4.74 Å². The van der Waals surface area contributed by atoms with Gasteiger partial charge >= 0.3 is 0 Å². The van der Waals surface area contributed by atoms with Gasteiger partial charge in [-0.05, 0) is 44.2 Å². The molecule has 2 heterocycles. The van der Waals surface area contributed by atoms with E-state index in [2.05, 4.69) is 48.3 Å². The van der Waals surface area contributed by atoms with Crippen molar-refractivity contribution in [3.8, 4) is 0 Å². The van der Waals surface area contributed by atoms with Crippen molar-refractivity contribution in [1.82, 2.24) is 15.5 Å². The minimum absolute atomic E-state index is 0. The van der Waals surface area contributed by atoms with Crippen molar-refractivity contribution >= 4 is 29.9 Å². The van der Waals surface area contributed by atoms with Crippen molar-refractivity contribution in [2.45, 2.75) is 46.1 Å². The topological polar surface area (TPSA) is 48.9 Å². The molecule has 2 fully saturated rings. The molecule has 0 aromatic heterocycles. The molecular formula is C18H37IN4O. The van der Waals surface area contributed by atoms with E-state index < -0.39 is 0 Å². The van der Waals surface area contributed by atoms with Crippen LogP contribution in [0.2, 0.25) is 0 Å². The van der Waals surface area contributed by atoms with Crippen molar-refractivity contribution in [3.05, 3.63) is 0 Å². The molecule has 0 bridgehead atoms. The number of hydrogen-bond acceptors (Lipinski definition) is 3. The highest BCUT2D eigenvalue weighted by atomic mass is 127. The summed E-state index contributed by atoms with van der Waals surface area (Å²) in [6.07, 6.45) is 4.01. The first-order chi connectivity index (χ1) is 10.9. The number of halogens is 1. The average molecular weight is 452 g/mol. The summed E-state index contributed by atoms with van der Waals surface area (Å²) in [5.41, 5.74) is 0.193. The molecular weight excluding hydrogens is 415 g/mol. The van der Waals surface area contributed by atoms with Crippen molar-refractivity contribution in [1.29, 1.82) is 0 Å². The van der Waals surface area contributed by atoms with Gasteiger partial charge in [0.05, 0.1) is 6.10 Å². The molecule has 5 nitrogen and oxygen atoms in total. The van der Waals surface area contributed by atoms with Crippen LogP contribution < -0.4 is 10.6 Å². The van der Waals surface area contributed by atoms with Gasteiger partial charge < -0.3 is 20.3 Å². The molecule has 0 aromatic rings. The maximum absolute atomic E-state index is 6.07. The van der Waals surface area contributed by atoms with Gasteiger partial charge in [0.25, 0.3) is 0 Å². The van der Waals surface area contributed by atoms with Gasteiger partial charge in [-0.3, -0.25) is 4.99 Å². The van der Waals surface area contributed by atoms with Gasteiger partial charge in [0.2, 0.25) is 0 Å². The van der Waals surface area contributed by atoms with Crippen LogP contribution in [0.3, 0.4) is 0 Å². The Morgan fingerprint density at radius 1 is 1.21 bits per heavy atom. The Labute approximate surface area is 165 Å². The van der Waals surface area contributed by atoms with Crippen molar-refractivity contribution in [2.24, 2.45) is 22.2 Å². The summed E-state index contributed by atoms with van der Waals surface area (Å²) in [6, 6.07) is 0. The lowest BCUT2D eigenvalue weighted by molar-refractivity contribution is -0.0835. The normalized spacial score (nSPS) is 29.2. The number of nitrogens with one attached hydrogen (secondary N) is 2. The van der Waals surface area contributed by atoms with Gasteiger partial charge in [-0.15, -0.1) is 24.0 Å². The molecule has 142 valence electrons. The van der Waals surface area contributed by atoms with E-state index in [0.29, 0.717) is 12.0 Å². The van der Waals surface area contributed by atoms with Gasteiger partial charge in [0, 0.05) is 39.2 Å². The van der Waals surface area contributed by atoms with E-state index in [4.69, 9.17) is 4.74 Å². The zero-order valence-corrected chi connectivity index (χ0v) is 18.4. The third kappa shape index (κ3) is 6.67. The van der Waals surface area contributed by atoms with E-state index in [1.807, 2.05) is 7.05 Å². The molecule has 2 aliphatic rings. The Hall–Kier alpha value is -0.0800. The van der Waals surface area contributed by atoms with Crippen LogP contribution in [0, 0.1) is 17.3 Å². The maximum atomic E-state index is 6.07. The Bertz CT molecular complexity index is 397. The Balaban J connectivity index is 0.00000288. The van der Waals surface area contributed by atoms with Crippen LogP contribution in [0.5, 0.6) is 0 Å². The minimum atomic E-state index is 0. The van der Waals surface area contributed by atoms with Crippen molar-refractivity contribution < 1.29 is 4.74 Å². The lowest BCUT2D eigenvalue weighted by Crippen LogP contribution is -2.48. The first-order valence-electron chi connectivity index (χ1n) is 9.15. The Morgan fingerprint density at radius 3 is 2.50 bits per heavy atom. The Kier molecular flexibility index (Phi) is 9.30. The number of ether oxygens (including phenoxy) is 1. The van der Waals surface area contributed by atoms with Crippen LogP contribution in [0.1, 0.15) is 40.0 Å². The molecule has 3 atom stereocenters. The molecule has 2 aliphatic heterocycles. The highest BCUT2D eigenvalue weighted by Crippen LogP contribution is 2.33. The summed E-state index contributed by atoms with van der Waals surface area (Å²) in [5.74, 6) is 2.22. The first-order valence-corrected chi connectivity index (χ1v) is 9.15. The number of nitrogens with zero attached hydrogens (tertiary/aromatic N) is 2. The second-order valence-corrected chi connectivity index (χ2v) is 8.31. The lowest BCUT2D eigenvalue weighted by atomic mass is 9.78. The van der Waals surface area contributed by atoms with Gasteiger partial charge in [-0.25, -0.2) is 0 Å². The number of rotatable bonds is 4. The molecule has 2 saturated heterocycles. The SMILES string of the molecule is CN=C(NCC1CCN(C)C1)NCC1CCCOC1C(C)(C)C.I. The average Bonchev–Trinajstić information content (AvgIpc) is 2.92. The molecule has 0 radical (unpaired) electrons. The van der Waals surface area contributed by atoms with Gasteiger partial charge in [-0.2, -0.15) is 0 Å². The standard InChI is InChI=1S/C18H36N4O.HI/c1-18(2,3)16-15(7-6-10-23-16)12-21-17(19-4)20-11-14-8-9-22(5)13-14;/h14-16H,6-13H2,1-5H3,(H2,19,20,21);1H. The fourth-order valence-corrected chi connectivity index (χ4v) is 3.89. The fourth-order valence-electron chi connectivity index (χ4n) is 3.89. The monoisotopic (exact) mass is 452 g/mol. The first kappa shape index (κ1) is 22.0. The number of hydrogen-bond donors (Lipinski definition) is 2. The quantitative estimate of drug-likeness (QED) is 0.391. The summed E-state index contributed by atoms with van der Waals surface area (Å²) in [4.78, 5) is 6.78. The van der Waals surface area contributed by atoms with E-state index in [1.165, 1.54) is 32.4 Å². The Morgan fingerprint density at radius 2 is 1.92 bits per heavy atom. The molecule has 0 amide bonds. The third-order valence-electron chi connectivity index (χ3n) is 5.10. The second-order valence-electron chi connectivity index (χ2n) is 8.31. The summed E-state index contributed by atoms with van der Waals surface area (Å²) in [5, 5.41) is 7.02. The van der Waals surface area contributed by atoms with E-state index in [0.717, 1.165) is 31.6 Å². The summed E-state index contributed by atoms with van der Waals surface area (Å²) < 4.78 is 6.07. The molecule has 2 N–H and O–H groups in total. The molecule has 24 heavy (non-hydrogen) atoms. The zero-order chi connectivity index (χ0) is 16.9. The highest BCUT2D eigenvalue weighted by molar-refractivity contribution is 14.0. The molecule has 0 saturated carbocycles. The summed E-state index contributed by atoms with van der Waals surface area (Å²) in [6.45, 7) is 12.1. The fraction of sp³-hybridized carbons (Fsp3) is 0.944. The molecule has 2 rings (SSSR count). The summed E-state index contributed by atoms with van der Waals surface area (Å²) >= 11 is 0. The van der Waals surface area contributed by atoms with Gasteiger partial charge in [-0.1, -0.05) is 20.8 Å². The molecule has 6 heteroatoms. The molecule has 0 spiro atoms. The molecule has 0 aliphatic carbocycles. The van der Waals surface area contributed by atoms with Gasteiger partial charge in [0.1, 0.15) is 0 Å². The molecule has 3 unspecified atom stereocenters. The minimum Gasteiger partial charge on any atom is -0.377 e. The zero-order valence-electron chi connectivity index (χ0n) is 16.1. The van der Waals surface area contributed by atoms with Crippen molar-refractivity contribution in [3.63, 3.8) is 0 Å². The predicted molar refractivity (Wildman–Crippen MR) is 112 cm³/mol. The van der Waals surface area contributed by atoms with E-state index in [9.17, 15) is 0 Å². The van der Waals surface area contributed by atoms with Gasteiger partial charge in [0.15, 0.2) is 5.96 Å². The number of guanidine groups is 1. The third-order valence-corrected chi connectivity index (χ3v) is 5.10. The highest BCUT2D eigenvalue weighted by Gasteiger charge is 2.35. The second kappa shape index (κ2) is 10.2. The smallest absolute Gasteiger partial charge is 0.190 e.